The summed E-state index contributed by atoms with van der Waals surface area (Å²) >= 11 is 6.49. The molecule has 2 aromatic heterocycles. The lowest BCUT2D eigenvalue weighted by atomic mass is 9.98. The molecule has 6 rings (SSSR count). The molecule has 1 amide bonds. The highest BCUT2D eigenvalue weighted by molar-refractivity contribution is 6.20. The number of H-pyrrole nitrogens is 1. The molecule has 2 aliphatic rings. The molecule has 41 heavy (non-hydrogen) atoms. The van der Waals surface area contributed by atoms with Crippen LogP contribution in [-0.2, 0) is 9.53 Å². The number of amides is 1. The molecule has 2 fully saturated rings. The minimum atomic E-state index is -1.35. The van der Waals surface area contributed by atoms with Crippen LogP contribution in [0, 0.1) is 6.92 Å². The number of nitrogens with one attached hydrogen (secondary N) is 1. The van der Waals surface area contributed by atoms with E-state index in [1.807, 2.05) is 37.3 Å². The molecule has 0 aliphatic carbocycles. The van der Waals surface area contributed by atoms with Crippen LogP contribution in [0.4, 0.5) is 10.2 Å². The second kappa shape index (κ2) is 11.6. The van der Waals surface area contributed by atoms with Gasteiger partial charge in [0.1, 0.15) is 29.5 Å². The number of carbonyl (C=O) groups excluding carboxylic acids is 1. The van der Waals surface area contributed by atoms with E-state index in [1.165, 1.54) is 12.4 Å². The first kappa shape index (κ1) is 27.4. The van der Waals surface area contributed by atoms with Crippen molar-refractivity contribution in [1.82, 2.24) is 30.0 Å². The van der Waals surface area contributed by atoms with Crippen molar-refractivity contribution in [3.8, 4) is 5.75 Å². The molecule has 12 heteroatoms. The number of piperazine rings is 1. The van der Waals surface area contributed by atoms with Crippen LogP contribution in [-0.4, -0.2) is 93.6 Å². The number of aromatic amines is 1. The number of anilines is 1. The highest BCUT2D eigenvalue weighted by Gasteiger charge is 2.34. The van der Waals surface area contributed by atoms with Crippen molar-refractivity contribution in [1.29, 1.82) is 0 Å². The zero-order valence-electron chi connectivity index (χ0n) is 22.7. The van der Waals surface area contributed by atoms with Gasteiger partial charge >= 0.3 is 0 Å². The van der Waals surface area contributed by atoms with Crippen LogP contribution in [0.2, 0.25) is 0 Å². The van der Waals surface area contributed by atoms with E-state index in [4.69, 9.17) is 21.1 Å². The van der Waals surface area contributed by atoms with Gasteiger partial charge in [-0.2, -0.15) is 5.10 Å². The Bertz CT molecular complexity index is 1560. The fourth-order valence-electron chi connectivity index (χ4n) is 5.59. The van der Waals surface area contributed by atoms with E-state index in [-0.39, 0.29) is 25.7 Å². The second-order valence-corrected chi connectivity index (χ2v) is 10.7. The summed E-state index contributed by atoms with van der Waals surface area (Å²) in [7, 11) is 0. The molecule has 0 unspecified atom stereocenters. The summed E-state index contributed by atoms with van der Waals surface area (Å²) in [6.07, 6.45) is 2.74. The summed E-state index contributed by atoms with van der Waals surface area (Å²) in [6.45, 7) is 8.49. The third-order valence-corrected chi connectivity index (χ3v) is 8.12. The summed E-state index contributed by atoms with van der Waals surface area (Å²) in [5.74, 6) is 1.33. The number of aromatic nitrogens is 4. The van der Waals surface area contributed by atoms with Gasteiger partial charge in [-0.1, -0.05) is 12.6 Å². The molecule has 10 nitrogen and oxygen atoms in total. The van der Waals surface area contributed by atoms with Gasteiger partial charge in [0.2, 0.25) is 5.91 Å². The van der Waals surface area contributed by atoms with Gasteiger partial charge in [0.05, 0.1) is 30.4 Å². The van der Waals surface area contributed by atoms with Gasteiger partial charge in [-0.05, 0) is 36.8 Å². The summed E-state index contributed by atoms with van der Waals surface area (Å²) in [5.41, 5.74) is 2.88. The minimum absolute atomic E-state index is 0.0451. The Kier molecular flexibility index (Phi) is 7.74. The highest BCUT2D eigenvalue weighted by atomic mass is 35.5. The van der Waals surface area contributed by atoms with Gasteiger partial charge in [-0.15, -0.1) is 11.6 Å². The number of hydrogen-bond donors (Lipinski definition) is 1. The van der Waals surface area contributed by atoms with Crippen LogP contribution in [0.3, 0.4) is 0 Å². The van der Waals surface area contributed by atoms with Gasteiger partial charge < -0.3 is 19.3 Å². The molecule has 2 saturated heterocycles. The Hall–Kier alpha value is -3.80. The Labute approximate surface area is 241 Å². The maximum Gasteiger partial charge on any atom is 0.246 e. The lowest BCUT2D eigenvalue weighted by molar-refractivity contribution is -0.126. The number of ether oxygens (including phenoxy) is 2. The van der Waals surface area contributed by atoms with Crippen LogP contribution < -0.4 is 9.64 Å². The average Bonchev–Trinajstić information content (AvgIpc) is 3.47. The molecular formula is C29H31ClFN7O3. The van der Waals surface area contributed by atoms with Crippen molar-refractivity contribution in [2.45, 2.75) is 24.8 Å². The van der Waals surface area contributed by atoms with Crippen molar-refractivity contribution in [2.75, 3.05) is 50.8 Å². The first-order chi connectivity index (χ1) is 19.9. The van der Waals surface area contributed by atoms with Crippen LogP contribution in [0.15, 0.2) is 55.5 Å². The Morgan fingerprint density at radius 2 is 2.05 bits per heavy atom. The predicted molar refractivity (Wildman–Crippen MR) is 155 cm³/mol. The first-order valence-electron chi connectivity index (χ1n) is 13.5. The number of carbonyl (C=O) groups is 1. The number of alkyl halides is 2. The van der Waals surface area contributed by atoms with Gasteiger partial charge in [0, 0.05) is 55.1 Å². The predicted octanol–water partition coefficient (Wildman–Crippen LogP) is 3.96. The van der Waals surface area contributed by atoms with E-state index in [0.29, 0.717) is 31.9 Å². The number of nitrogens with zero attached hydrogens (tertiary/aromatic N) is 6. The van der Waals surface area contributed by atoms with Crippen molar-refractivity contribution >= 4 is 45.1 Å². The van der Waals surface area contributed by atoms with Crippen molar-refractivity contribution < 1.29 is 18.7 Å². The number of aryl methyl sites for hydroxylation is 1. The highest BCUT2D eigenvalue weighted by Crippen LogP contribution is 2.35. The zero-order valence-corrected chi connectivity index (χ0v) is 23.4. The fourth-order valence-corrected chi connectivity index (χ4v) is 5.88. The number of hydrogen-bond acceptors (Lipinski definition) is 8. The smallest absolute Gasteiger partial charge is 0.246 e. The van der Waals surface area contributed by atoms with Gasteiger partial charge in [-0.25, -0.2) is 19.3 Å². The van der Waals surface area contributed by atoms with Crippen LogP contribution in [0.25, 0.3) is 21.8 Å². The monoisotopic (exact) mass is 579 g/mol. The lowest BCUT2D eigenvalue weighted by Gasteiger charge is -2.37. The van der Waals surface area contributed by atoms with E-state index in [9.17, 15) is 9.18 Å². The minimum Gasteiger partial charge on any atom is -0.484 e. The second-order valence-electron chi connectivity index (χ2n) is 10.2. The number of halogens is 2. The Morgan fingerprint density at radius 1 is 1.22 bits per heavy atom. The quantitative estimate of drug-likeness (QED) is 0.200. The van der Waals surface area contributed by atoms with E-state index in [2.05, 4.69) is 31.6 Å². The number of benzene rings is 2. The molecule has 4 heterocycles. The SMILES string of the molecule is C=CC(=O)N1CCN(c2ncnc3cc(O[C@@H](CN4[C@H](F)COC[C@H]4Cl)c4c(C)ccc5[nH]ncc45)ccc23)CC1. The summed E-state index contributed by atoms with van der Waals surface area (Å²) < 4.78 is 26.9. The Morgan fingerprint density at radius 3 is 2.83 bits per heavy atom. The molecular weight excluding hydrogens is 549 g/mol. The molecule has 0 bridgehead atoms. The van der Waals surface area contributed by atoms with Crippen molar-refractivity contribution in [3.05, 3.63) is 66.6 Å². The molecule has 0 spiro atoms. The first-order valence-corrected chi connectivity index (χ1v) is 14.0. The van der Waals surface area contributed by atoms with Gasteiger partial charge in [0.25, 0.3) is 0 Å². The van der Waals surface area contributed by atoms with Crippen molar-refractivity contribution in [3.63, 3.8) is 0 Å². The number of fused-ring (bicyclic) bond motifs is 2. The van der Waals surface area contributed by atoms with E-state index in [0.717, 1.165) is 38.8 Å². The third kappa shape index (κ3) is 5.44. The van der Waals surface area contributed by atoms with Gasteiger partial charge in [-0.3, -0.25) is 9.89 Å². The molecule has 1 N–H and O–H groups in total. The van der Waals surface area contributed by atoms with Crippen LogP contribution in [0.1, 0.15) is 17.2 Å². The van der Waals surface area contributed by atoms with Crippen molar-refractivity contribution in [2.24, 2.45) is 0 Å². The molecule has 2 aliphatic heterocycles. The molecule has 0 saturated carbocycles. The third-order valence-electron chi connectivity index (χ3n) is 7.74. The average molecular weight is 580 g/mol. The molecule has 2 aromatic carbocycles. The van der Waals surface area contributed by atoms with Crippen LogP contribution >= 0.6 is 11.6 Å². The van der Waals surface area contributed by atoms with E-state index in [1.54, 1.807) is 16.0 Å². The lowest BCUT2D eigenvalue weighted by Crippen LogP contribution is -2.49. The summed E-state index contributed by atoms with van der Waals surface area (Å²) in [6, 6.07) is 9.67. The van der Waals surface area contributed by atoms with E-state index >= 15 is 0 Å². The Balaban J connectivity index is 1.31. The normalized spacial score (nSPS) is 20.9. The van der Waals surface area contributed by atoms with Gasteiger partial charge in [0.15, 0.2) is 6.30 Å². The number of rotatable bonds is 7. The topological polar surface area (TPSA) is 99.7 Å². The summed E-state index contributed by atoms with van der Waals surface area (Å²) in [4.78, 5) is 26.6. The largest absolute Gasteiger partial charge is 0.484 e. The van der Waals surface area contributed by atoms with Crippen LogP contribution in [0.5, 0.6) is 5.75 Å². The standard InChI is InChI=1S/C29H31ClFN7O3/c1-3-27(39)36-8-10-37(11-9-36)29-20-6-5-19(12-23(20)32-17-33-29)41-24(14-38-25(30)15-40-16-26(38)31)28-18(2)4-7-22-21(28)13-34-35-22/h3-7,12-13,17,24-26H,1,8-11,14-16H2,2H3,(H,34,35)/t24-,25-,26-/m0/s1. The maximum atomic E-state index is 15.0. The zero-order chi connectivity index (χ0) is 28.5. The molecule has 214 valence electrons. The number of morpholine rings is 1. The fraction of sp³-hybridized carbons (Fsp3) is 0.379. The molecule has 4 aromatic rings. The molecule has 0 radical (unpaired) electrons. The summed E-state index contributed by atoms with van der Waals surface area (Å²) in [5, 5.41) is 9.02. The molecule has 3 atom stereocenters. The maximum absolute atomic E-state index is 15.0. The van der Waals surface area contributed by atoms with E-state index < -0.39 is 17.9 Å².